The van der Waals surface area contributed by atoms with Crippen LogP contribution in [0.5, 0.6) is 0 Å². The largest absolute Gasteiger partial charge is 0.311 e. The molecule has 3 heterocycles. The van der Waals surface area contributed by atoms with E-state index in [0.29, 0.717) is 5.82 Å². The van der Waals surface area contributed by atoms with Gasteiger partial charge in [-0.15, -0.1) is 0 Å². The molecule has 18 rings (SSSR count). The minimum Gasteiger partial charge on any atom is -0.311 e. The summed E-state index contributed by atoms with van der Waals surface area (Å²) in [4.78, 5) is 16.1. The number of nitrogens with zero attached hydrogens (tertiary/aromatic N) is 4. The van der Waals surface area contributed by atoms with E-state index in [9.17, 15) is 0 Å². The molecule has 83 heavy (non-hydrogen) atoms. The van der Waals surface area contributed by atoms with Crippen LogP contribution in [-0.4, -0.2) is 16.7 Å². The van der Waals surface area contributed by atoms with Crippen LogP contribution in [0.3, 0.4) is 0 Å². The third-order valence-corrected chi connectivity index (χ3v) is 17.9. The van der Waals surface area contributed by atoms with Gasteiger partial charge in [-0.3, -0.25) is 0 Å². The lowest BCUT2D eigenvalue weighted by atomic mass is 9.33. The first-order valence-corrected chi connectivity index (χ1v) is 28.7. The van der Waals surface area contributed by atoms with Crippen LogP contribution >= 0.6 is 0 Å². The van der Waals surface area contributed by atoms with Crippen molar-refractivity contribution < 1.29 is 0 Å². The fourth-order valence-corrected chi connectivity index (χ4v) is 14.2. The molecule has 4 nitrogen and oxygen atoms in total. The van der Waals surface area contributed by atoms with Gasteiger partial charge in [0, 0.05) is 61.6 Å². The Morgan fingerprint density at radius 2 is 0.639 bits per heavy atom. The SMILES string of the molecule is c1ccc(-c2ccc(N3c4cc(-c5cc(-c6ccccc6)nc(-c6ccccc6)n5)cc5c4B(c4cc6ccc7cccc8ccc(c43)c6c78)c3cc4ccc6cccc7ccc(c3N5c3ccc(-c5ccccc5)cc3)c4c67)cc2)cc1. The maximum Gasteiger partial charge on any atom is 0.252 e. The molecule has 0 fully saturated rings. The van der Waals surface area contributed by atoms with Gasteiger partial charge in [0.2, 0.25) is 0 Å². The number of hydrogen-bond donors (Lipinski definition) is 0. The molecule has 0 spiro atoms. The van der Waals surface area contributed by atoms with Gasteiger partial charge in [-0.25, -0.2) is 9.97 Å². The fraction of sp³-hybridized carbons (Fsp3) is 0. The summed E-state index contributed by atoms with van der Waals surface area (Å²) in [6.45, 7) is -0.173. The van der Waals surface area contributed by atoms with Gasteiger partial charge in [0.25, 0.3) is 6.71 Å². The third-order valence-electron chi connectivity index (χ3n) is 17.9. The molecule has 5 heteroatoms. The standard InChI is InChI=1S/C78H47BN4/c1-5-15-48(16-6-1)50-31-37-61(38-32-50)82-69-45-60(68-47-67(52-19-9-3-10-20-52)80-78(81-68)57-21-11-4-12-22-57)46-70-75(69)79(65-43-58-29-27-53-23-13-25-55-35-41-63(76(65)82)73(58)71(53)55)66-44-59-30-28-54-24-14-26-56-36-42-64(74(59)72(54)56)77(66)83(70)62-39-33-51(34-40-62)49-17-7-2-8-18-49/h1-47H. The molecule has 0 unspecified atom stereocenters. The van der Waals surface area contributed by atoms with Crippen molar-refractivity contribution >= 4 is 122 Å². The average molecular weight is 1050 g/mol. The fourth-order valence-electron chi connectivity index (χ4n) is 14.2. The molecule has 0 saturated heterocycles. The van der Waals surface area contributed by atoms with Crippen LogP contribution in [-0.2, 0) is 0 Å². The highest BCUT2D eigenvalue weighted by molar-refractivity contribution is 7.01. The smallest absolute Gasteiger partial charge is 0.252 e. The number of anilines is 6. The second-order valence-electron chi connectivity index (χ2n) is 22.4. The number of aromatic nitrogens is 2. The maximum absolute atomic E-state index is 5.60. The number of rotatable bonds is 7. The van der Waals surface area contributed by atoms with E-state index in [1.165, 1.54) is 115 Å². The molecule has 1 aromatic heterocycles. The van der Waals surface area contributed by atoms with Crippen molar-refractivity contribution in [1.29, 1.82) is 0 Å². The summed E-state index contributed by atoms with van der Waals surface area (Å²) in [6.07, 6.45) is 0. The zero-order valence-corrected chi connectivity index (χ0v) is 45.0. The van der Waals surface area contributed by atoms with Crippen LogP contribution < -0.4 is 26.2 Å². The van der Waals surface area contributed by atoms with Gasteiger partial charge in [0.1, 0.15) is 0 Å². The van der Waals surface area contributed by atoms with Crippen LogP contribution in [0.2, 0.25) is 0 Å². The van der Waals surface area contributed by atoms with Gasteiger partial charge in [-0.2, -0.15) is 0 Å². The number of hydrogen-bond acceptors (Lipinski definition) is 4. The van der Waals surface area contributed by atoms with E-state index in [0.717, 1.165) is 50.8 Å². The molecule has 15 aromatic carbocycles. The summed E-state index contributed by atoms with van der Waals surface area (Å²) in [7, 11) is 0. The molecule has 0 N–H and O–H groups in total. The highest BCUT2D eigenvalue weighted by atomic mass is 15.2. The van der Waals surface area contributed by atoms with Crippen LogP contribution in [0, 0.1) is 0 Å². The van der Waals surface area contributed by atoms with Gasteiger partial charge < -0.3 is 9.80 Å². The Morgan fingerprint density at radius 3 is 1.08 bits per heavy atom. The molecule has 0 amide bonds. The molecule has 2 aliphatic rings. The second kappa shape index (κ2) is 17.8. The van der Waals surface area contributed by atoms with Crippen molar-refractivity contribution in [2.24, 2.45) is 0 Å². The predicted octanol–water partition coefficient (Wildman–Crippen LogP) is 18.7. The summed E-state index contributed by atoms with van der Waals surface area (Å²) < 4.78 is 0. The van der Waals surface area contributed by atoms with Crippen molar-refractivity contribution in [3.63, 3.8) is 0 Å². The molecular formula is C78H47BN4. The van der Waals surface area contributed by atoms with E-state index in [2.05, 4.69) is 295 Å². The lowest BCUT2D eigenvalue weighted by Crippen LogP contribution is -2.61. The van der Waals surface area contributed by atoms with E-state index in [-0.39, 0.29) is 6.71 Å². The summed E-state index contributed by atoms with van der Waals surface area (Å²) in [5.74, 6) is 0.677. The van der Waals surface area contributed by atoms with Crippen LogP contribution in [0.15, 0.2) is 285 Å². The van der Waals surface area contributed by atoms with Gasteiger partial charge >= 0.3 is 0 Å². The average Bonchev–Trinajstić information content (AvgIpc) is 1.76. The predicted molar refractivity (Wildman–Crippen MR) is 351 cm³/mol. The van der Waals surface area contributed by atoms with Crippen molar-refractivity contribution in [2.45, 2.75) is 0 Å². The van der Waals surface area contributed by atoms with E-state index in [1.807, 2.05) is 0 Å². The monoisotopic (exact) mass is 1050 g/mol. The Kier molecular flexibility index (Phi) is 9.86. The van der Waals surface area contributed by atoms with E-state index >= 15 is 0 Å². The minimum absolute atomic E-state index is 0.173. The number of benzene rings is 15. The first kappa shape index (κ1) is 45.9. The lowest BCUT2D eigenvalue weighted by Gasteiger charge is -2.45. The molecule has 0 aliphatic carbocycles. The van der Waals surface area contributed by atoms with Gasteiger partial charge in [0.15, 0.2) is 5.82 Å². The topological polar surface area (TPSA) is 32.3 Å². The summed E-state index contributed by atoms with van der Waals surface area (Å²) in [5, 5.41) is 15.1. The van der Waals surface area contributed by atoms with Gasteiger partial charge in [-0.1, -0.05) is 243 Å². The highest BCUT2D eigenvalue weighted by Gasteiger charge is 2.46. The molecule has 16 aromatic rings. The van der Waals surface area contributed by atoms with Crippen LogP contribution in [0.4, 0.5) is 34.1 Å². The Labute approximate surface area is 480 Å². The minimum atomic E-state index is -0.173. The Morgan fingerprint density at radius 1 is 0.265 bits per heavy atom. The highest BCUT2D eigenvalue weighted by Crippen LogP contribution is 2.52. The molecule has 0 saturated carbocycles. The van der Waals surface area contributed by atoms with Gasteiger partial charge in [0.05, 0.1) is 11.4 Å². The van der Waals surface area contributed by atoms with E-state index in [4.69, 9.17) is 9.97 Å². The zero-order chi connectivity index (χ0) is 54.3. The zero-order valence-electron chi connectivity index (χ0n) is 45.0. The Hall–Kier alpha value is -10.9. The summed E-state index contributed by atoms with van der Waals surface area (Å²) in [6, 6.07) is 105. The normalized spacial score (nSPS) is 12.7. The molecular weight excluding hydrogens is 1000 g/mol. The van der Waals surface area contributed by atoms with E-state index < -0.39 is 0 Å². The molecule has 0 bridgehead atoms. The van der Waals surface area contributed by atoms with Crippen LogP contribution in [0.25, 0.3) is 121 Å². The van der Waals surface area contributed by atoms with Crippen molar-refractivity contribution in [2.75, 3.05) is 9.80 Å². The molecule has 2 aliphatic heterocycles. The Balaban J connectivity index is 1.00. The molecule has 382 valence electrons. The quantitative estimate of drug-likeness (QED) is 0.118. The molecule has 0 radical (unpaired) electrons. The van der Waals surface area contributed by atoms with Crippen molar-refractivity contribution in [3.8, 4) is 56.2 Å². The lowest BCUT2D eigenvalue weighted by molar-refractivity contribution is 1.18. The third kappa shape index (κ3) is 6.95. The Bertz CT molecular complexity index is 4890. The maximum atomic E-state index is 5.60. The second-order valence-corrected chi connectivity index (χ2v) is 22.4. The number of fused-ring (bicyclic) bond motifs is 6. The molecule has 0 atom stereocenters. The van der Waals surface area contributed by atoms with Gasteiger partial charge in [-0.05, 0) is 135 Å². The first-order valence-electron chi connectivity index (χ1n) is 28.7. The van der Waals surface area contributed by atoms with Crippen molar-refractivity contribution in [3.05, 3.63) is 285 Å². The summed E-state index contributed by atoms with van der Waals surface area (Å²) >= 11 is 0. The van der Waals surface area contributed by atoms with Crippen LogP contribution in [0.1, 0.15) is 0 Å². The van der Waals surface area contributed by atoms with Crippen molar-refractivity contribution in [1.82, 2.24) is 9.97 Å². The first-order chi connectivity index (χ1) is 41.1. The van der Waals surface area contributed by atoms with E-state index in [1.54, 1.807) is 0 Å². The summed E-state index contributed by atoms with van der Waals surface area (Å²) in [5.41, 5.74) is 20.0.